The number of Topliss-reactive ketones (excluding diaryl/α,β-unsaturated/α-hetero) is 1. The van der Waals surface area contributed by atoms with Gasteiger partial charge in [0.2, 0.25) is 11.8 Å². The molecule has 2 rings (SSSR count). The molecule has 0 heterocycles. The van der Waals surface area contributed by atoms with Gasteiger partial charge in [0, 0.05) is 17.3 Å². The van der Waals surface area contributed by atoms with E-state index in [1.807, 2.05) is 0 Å². The fraction of sp³-hybridized carbons (Fsp3) is 0.211. The second-order valence-electron chi connectivity index (χ2n) is 5.47. The summed E-state index contributed by atoms with van der Waals surface area (Å²) in [6.45, 7) is 1.46. The number of amides is 2. The lowest BCUT2D eigenvalue weighted by Gasteiger charge is -2.11. The largest absolute Gasteiger partial charge is 0.497 e. The Morgan fingerprint density at radius 3 is 2.12 bits per heavy atom. The molecule has 26 heavy (non-hydrogen) atoms. The van der Waals surface area contributed by atoms with E-state index in [1.165, 1.54) is 21.1 Å². The summed E-state index contributed by atoms with van der Waals surface area (Å²) in [5.74, 6) is 0.0112. The van der Waals surface area contributed by atoms with Crippen molar-refractivity contribution in [3.8, 4) is 11.5 Å². The number of benzene rings is 2. The average molecular weight is 356 g/mol. The lowest BCUT2D eigenvalue weighted by Crippen LogP contribution is -2.21. The van der Waals surface area contributed by atoms with Crippen LogP contribution in [0.2, 0.25) is 0 Å². The highest BCUT2D eigenvalue weighted by Crippen LogP contribution is 2.29. The molecule has 0 aliphatic heterocycles. The number of hydrogen-bond donors (Lipinski definition) is 2. The van der Waals surface area contributed by atoms with Crippen LogP contribution in [0.15, 0.2) is 42.5 Å². The van der Waals surface area contributed by atoms with Gasteiger partial charge < -0.3 is 20.1 Å². The first kappa shape index (κ1) is 19.0. The summed E-state index contributed by atoms with van der Waals surface area (Å²) in [5.41, 5.74) is 1.50. The highest BCUT2D eigenvalue weighted by molar-refractivity contribution is 6.08. The molecule has 136 valence electrons. The van der Waals surface area contributed by atoms with E-state index in [9.17, 15) is 14.4 Å². The minimum atomic E-state index is -0.480. The predicted octanol–water partition coefficient (Wildman–Crippen LogP) is 2.87. The summed E-state index contributed by atoms with van der Waals surface area (Å²) in [6, 6.07) is 11.4. The van der Waals surface area contributed by atoms with Crippen molar-refractivity contribution in [1.82, 2.24) is 0 Å². The molecule has 0 atom stereocenters. The standard InChI is InChI=1S/C19H20N2O5/c1-12(22)13-4-6-14(7-5-13)20-18(23)11-19(24)21-16-9-8-15(25-2)10-17(16)26-3/h4-10H,11H2,1-3H3,(H,20,23)(H,21,24). The summed E-state index contributed by atoms with van der Waals surface area (Å²) >= 11 is 0. The second-order valence-corrected chi connectivity index (χ2v) is 5.47. The number of carbonyl (C=O) groups excluding carboxylic acids is 3. The fourth-order valence-electron chi connectivity index (χ4n) is 2.24. The Balaban J connectivity index is 1.95. The number of methoxy groups -OCH3 is 2. The molecule has 7 nitrogen and oxygen atoms in total. The van der Waals surface area contributed by atoms with E-state index in [1.54, 1.807) is 42.5 Å². The van der Waals surface area contributed by atoms with Gasteiger partial charge in [-0.15, -0.1) is 0 Å². The van der Waals surface area contributed by atoms with Gasteiger partial charge in [0.05, 0.1) is 19.9 Å². The molecule has 2 aromatic rings. The summed E-state index contributed by atoms with van der Waals surface area (Å²) in [5, 5.41) is 5.24. The molecule has 0 radical (unpaired) electrons. The van der Waals surface area contributed by atoms with E-state index in [0.717, 1.165) is 0 Å². The average Bonchev–Trinajstić information content (AvgIpc) is 2.62. The normalized spacial score (nSPS) is 9.96. The first-order valence-corrected chi connectivity index (χ1v) is 7.85. The van der Waals surface area contributed by atoms with Gasteiger partial charge in [0.1, 0.15) is 17.9 Å². The maximum atomic E-state index is 12.1. The van der Waals surface area contributed by atoms with Crippen molar-refractivity contribution in [3.05, 3.63) is 48.0 Å². The summed E-state index contributed by atoms with van der Waals surface area (Å²) in [6.07, 6.45) is -0.357. The summed E-state index contributed by atoms with van der Waals surface area (Å²) < 4.78 is 10.3. The van der Waals surface area contributed by atoms with Crippen LogP contribution in [-0.2, 0) is 9.59 Å². The zero-order valence-electron chi connectivity index (χ0n) is 14.8. The number of rotatable bonds is 7. The highest BCUT2D eigenvalue weighted by Gasteiger charge is 2.13. The van der Waals surface area contributed by atoms with Crippen molar-refractivity contribution in [2.24, 2.45) is 0 Å². The molecular weight excluding hydrogens is 336 g/mol. The molecule has 2 amide bonds. The summed E-state index contributed by atoms with van der Waals surface area (Å²) in [7, 11) is 3.00. The maximum Gasteiger partial charge on any atom is 0.233 e. The van der Waals surface area contributed by atoms with Crippen molar-refractivity contribution >= 4 is 29.0 Å². The Labute approximate surface area is 151 Å². The van der Waals surface area contributed by atoms with E-state index in [0.29, 0.717) is 28.4 Å². The van der Waals surface area contributed by atoms with Crippen molar-refractivity contribution < 1.29 is 23.9 Å². The van der Waals surface area contributed by atoms with Gasteiger partial charge in [0.25, 0.3) is 0 Å². The van der Waals surface area contributed by atoms with Crippen LogP contribution in [0.4, 0.5) is 11.4 Å². The zero-order valence-corrected chi connectivity index (χ0v) is 14.8. The molecule has 0 saturated heterocycles. The molecule has 2 aromatic carbocycles. The van der Waals surface area contributed by atoms with Crippen LogP contribution in [0.5, 0.6) is 11.5 Å². The Kier molecular flexibility index (Phi) is 6.32. The van der Waals surface area contributed by atoms with Crippen LogP contribution in [0.1, 0.15) is 23.7 Å². The molecule has 0 bridgehead atoms. The van der Waals surface area contributed by atoms with E-state index in [4.69, 9.17) is 9.47 Å². The Bertz CT molecular complexity index is 815. The van der Waals surface area contributed by atoms with Crippen LogP contribution in [0.3, 0.4) is 0 Å². The maximum absolute atomic E-state index is 12.1. The van der Waals surface area contributed by atoms with E-state index in [-0.39, 0.29) is 12.2 Å². The highest BCUT2D eigenvalue weighted by atomic mass is 16.5. The Morgan fingerprint density at radius 2 is 1.54 bits per heavy atom. The van der Waals surface area contributed by atoms with Gasteiger partial charge in [-0.1, -0.05) is 0 Å². The third-order valence-corrected chi connectivity index (χ3v) is 3.58. The SMILES string of the molecule is COc1ccc(NC(=O)CC(=O)Nc2ccc(C(C)=O)cc2)c(OC)c1. The lowest BCUT2D eigenvalue weighted by atomic mass is 10.1. The molecule has 0 spiro atoms. The van der Waals surface area contributed by atoms with Crippen molar-refractivity contribution in [1.29, 1.82) is 0 Å². The van der Waals surface area contributed by atoms with Gasteiger partial charge in [-0.2, -0.15) is 0 Å². The number of carbonyl (C=O) groups is 3. The van der Waals surface area contributed by atoms with Crippen molar-refractivity contribution in [2.45, 2.75) is 13.3 Å². The van der Waals surface area contributed by atoms with Crippen LogP contribution in [-0.4, -0.2) is 31.8 Å². The number of anilines is 2. The van der Waals surface area contributed by atoms with Crippen molar-refractivity contribution in [2.75, 3.05) is 24.9 Å². The third kappa shape index (κ3) is 5.07. The molecule has 0 unspecified atom stereocenters. The van der Waals surface area contributed by atoms with Gasteiger partial charge in [-0.3, -0.25) is 14.4 Å². The van der Waals surface area contributed by atoms with E-state index < -0.39 is 11.8 Å². The van der Waals surface area contributed by atoms with Crippen LogP contribution >= 0.6 is 0 Å². The molecule has 2 N–H and O–H groups in total. The van der Waals surface area contributed by atoms with Crippen LogP contribution < -0.4 is 20.1 Å². The molecule has 0 aliphatic carbocycles. The molecule has 0 fully saturated rings. The van der Waals surface area contributed by atoms with Gasteiger partial charge >= 0.3 is 0 Å². The zero-order chi connectivity index (χ0) is 19.1. The van der Waals surface area contributed by atoms with Gasteiger partial charge in [-0.25, -0.2) is 0 Å². The third-order valence-electron chi connectivity index (χ3n) is 3.58. The molecular formula is C19H20N2O5. The summed E-state index contributed by atoms with van der Waals surface area (Å²) in [4.78, 5) is 35.3. The van der Waals surface area contributed by atoms with Gasteiger partial charge in [0.15, 0.2) is 5.78 Å². The van der Waals surface area contributed by atoms with Crippen LogP contribution in [0.25, 0.3) is 0 Å². The van der Waals surface area contributed by atoms with E-state index in [2.05, 4.69) is 10.6 Å². The smallest absolute Gasteiger partial charge is 0.233 e. The molecule has 7 heteroatoms. The minimum Gasteiger partial charge on any atom is -0.497 e. The fourth-order valence-corrected chi connectivity index (χ4v) is 2.24. The molecule has 0 saturated carbocycles. The predicted molar refractivity (Wildman–Crippen MR) is 97.9 cm³/mol. The quantitative estimate of drug-likeness (QED) is 0.588. The number of ether oxygens (including phenoxy) is 2. The number of ketones is 1. The first-order valence-electron chi connectivity index (χ1n) is 7.85. The Morgan fingerprint density at radius 1 is 0.885 bits per heavy atom. The van der Waals surface area contributed by atoms with E-state index >= 15 is 0 Å². The molecule has 0 aliphatic rings. The Hall–Kier alpha value is -3.35. The number of nitrogens with one attached hydrogen (secondary N) is 2. The number of hydrogen-bond acceptors (Lipinski definition) is 5. The van der Waals surface area contributed by atoms with Crippen LogP contribution in [0, 0.1) is 0 Å². The van der Waals surface area contributed by atoms with Gasteiger partial charge in [-0.05, 0) is 43.3 Å². The topological polar surface area (TPSA) is 93.7 Å². The second kappa shape index (κ2) is 8.66. The first-order chi connectivity index (χ1) is 12.4. The van der Waals surface area contributed by atoms with Crippen molar-refractivity contribution in [3.63, 3.8) is 0 Å². The minimum absolute atomic E-state index is 0.0595. The monoisotopic (exact) mass is 356 g/mol. The lowest BCUT2D eigenvalue weighted by molar-refractivity contribution is -0.123. The molecule has 0 aromatic heterocycles.